The minimum Gasteiger partial charge on any atom is -0.448 e. The highest BCUT2D eigenvalue weighted by molar-refractivity contribution is 5.86. The van der Waals surface area contributed by atoms with E-state index in [4.69, 9.17) is 4.74 Å². The van der Waals surface area contributed by atoms with E-state index in [0.29, 0.717) is 19.6 Å². The Morgan fingerprint density at radius 2 is 1.71 bits per heavy atom. The van der Waals surface area contributed by atoms with E-state index in [1.165, 1.54) is 27.2 Å². The number of fused-ring (bicyclic) bond motifs is 3. The third kappa shape index (κ3) is 3.07. The summed E-state index contributed by atoms with van der Waals surface area (Å²) in [5, 5.41) is 0. The number of ether oxygens (including phenoxy) is 1. The third-order valence-electron chi connectivity index (χ3n) is 5.67. The molecule has 5 heteroatoms. The van der Waals surface area contributed by atoms with E-state index < -0.39 is 12.1 Å². The molecule has 2 aromatic rings. The van der Waals surface area contributed by atoms with Crippen molar-refractivity contribution >= 4 is 12.0 Å². The van der Waals surface area contributed by atoms with Crippen molar-refractivity contribution in [2.45, 2.75) is 18.9 Å². The second-order valence-corrected chi connectivity index (χ2v) is 7.25. The van der Waals surface area contributed by atoms with Crippen LogP contribution < -0.4 is 0 Å². The van der Waals surface area contributed by atoms with Gasteiger partial charge in [0.2, 0.25) is 5.91 Å². The Morgan fingerprint density at radius 1 is 1.11 bits per heavy atom. The summed E-state index contributed by atoms with van der Waals surface area (Å²) < 4.78 is 5.69. The molecular weight excluding hydrogens is 352 g/mol. The fraction of sp³-hybridized carbons (Fsp3) is 0.304. The summed E-state index contributed by atoms with van der Waals surface area (Å²) in [6.45, 7) is 7.16. The summed E-state index contributed by atoms with van der Waals surface area (Å²) in [6, 6.07) is 16.0. The molecule has 2 aromatic carbocycles. The maximum atomic E-state index is 12.7. The molecule has 0 radical (unpaired) electrons. The molecule has 28 heavy (non-hydrogen) atoms. The Morgan fingerprint density at radius 3 is 2.32 bits per heavy atom. The predicted octanol–water partition coefficient (Wildman–Crippen LogP) is 3.65. The largest absolute Gasteiger partial charge is 0.448 e. The third-order valence-corrected chi connectivity index (χ3v) is 5.67. The van der Waals surface area contributed by atoms with Crippen LogP contribution in [0.1, 0.15) is 24.0 Å². The van der Waals surface area contributed by atoms with Gasteiger partial charge >= 0.3 is 6.09 Å². The zero-order valence-electron chi connectivity index (χ0n) is 16.0. The average Bonchev–Trinajstić information content (AvgIpc) is 3.04. The van der Waals surface area contributed by atoms with E-state index in [2.05, 4.69) is 30.8 Å². The first-order valence-electron chi connectivity index (χ1n) is 9.63. The number of nitrogens with zero attached hydrogens (tertiary/aromatic N) is 2. The lowest BCUT2D eigenvalue weighted by atomic mass is 9.98. The van der Waals surface area contributed by atoms with Gasteiger partial charge in [0, 0.05) is 25.6 Å². The van der Waals surface area contributed by atoms with Crippen molar-refractivity contribution in [2.75, 3.05) is 26.2 Å². The van der Waals surface area contributed by atoms with E-state index in [-0.39, 0.29) is 18.4 Å². The zero-order valence-corrected chi connectivity index (χ0v) is 16.0. The summed E-state index contributed by atoms with van der Waals surface area (Å²) in [4.78, 5) is 28.4. The summed E-state index contributed by atoms with van der Waals surface area (Å²) in [6.07, 6.45) is 1.27. The van der Waals surface area contributed by atoms with Gasteiger partial charge in [0.05, 0.1) is 0 Å². The molecule has 0 aromatic heterocycles. The monoisotopic (exact) mass is 376 g/mol. The van der Waals surface area contributed by atoms with E-state index in [1.807, 2.05) is 24.3 Å². The second-order valence-electron chi connectivity index (χ2n) is 7.25. The molecular formula is C23H24N2O3. The highest BCUT2D eigenvalue weighted by Crippen LogP contribution is 2.44. The molecule has 1 atom stereocenters. The molecule has 4 rings (SSSR count). The van der Waals surface area contributed by atoms with Crippen LogP contribution in [-0.4, -0.2) is 54.1 Å². The van der Waals surface area contributed by atoms with Gasteiger partial charge in [0.15, 0.2) is 0 Å². The molecule has 1 saturated heterocycles. The van der Waals surface area contributed by atoms with Crippen LogP contribution in [0, 0.1) is 0 Å². The number of carbonyl (C=O) groups excluding carboxylic acids is 2. The highest BCUT2D eigenvalue weighted by Gasteiger charge is 2.36. The maximum Gasteiger partial charge on any atom is 0.410 e. The van der Waals surface area contributed by atoms with E-state index in [9.17, 15) is 9.59 Å². The highest BCUT2D eigenvalue weighted by atomic mass is 16.6. The van der Waals surface area contributed by atoms with Crippen LogP contribution >= 0.6 is 0 Å². The van der Waals surface area contributed by atoms with E-state index in [1.54, 1.807) is 17.9 Å². The molecule has 2 amide bonds. The first-order chi connectivity index (χ1) is 13.6. The Balaban J connectivity index is 1.47. The molecule has 0 saturated carbocycles. The smallest absolute Gasteiger partial charge is 0.410 e. The summed E-state index contributed by atoms with van der Waals surface area (Å²) in [7, 11) is 0. The molecule has 1 aliphatic carbocycles. The normalized spacial score (nSPS) is 18.6. The molecule has 1 fully saturated rings. The van der Waals surface area contributed by atoms with Crippen molar-refractivity contribution in [2.24, 2.45) is 0 Å². The standard InChI is InChI=1S/C23H24N2O3/c1-3-12-24-13-14-25(16(2)22(24)26)23(27)28-15-21-19-10-6-4-8-17(19)18-9-5-7-11-20(18)21/h3-11,16,21H,1,12-15H2,2H3. The van der Waals surface area contributed by atoms with Crippen LogP contribution in [0.4, 0.5) is 4.79 Å². The Bertz CT molecular complexity index is 878. The molecule has 0 spiro atoms. The van der Waals surface area contributed by atoms with E-state index >= 15 is 0 Å². The van der Waals surface area contributed by atoms with Crippen LogP contribution in [-0.2, 0) is 9.53 Å². The fourth-order valence-corrected chi connectivity index (χ4v) is 4.19. The van der Waals surface area contributed by atoms with Crippen molar-refractivity contribution < 1.29 is 14.3 Å². The van der Waals surface area contributed by atoms with Crippen LogP contribution in [0.5, 0.6) is 0 Å². The van der Waals surface area contributed by atoms with Crippen molar-refractivity contribution in [3.8, 4) is 11.1 Å². The number of hydrogen-bond donors (Lipinski definition) is 0. The lowest BCUT2D eigenvalue weighted by molar-refractivity contribution is -0.139. The molecule has 0 N–H and O–H groups in total. The number of rotatable bonds is 4. The van der Waals surface area contributed by atoms with Gasteiger partial charge in [-0.1, -0.05) is 54.6 Å². The lowest BCUT2D eigenvalue weighted by Crippen LogP contribution is -2.57. The minimum absolute atomic E-state index is 0.0180. The Labute approximate surface area is 165 Å². The van der Waals surface area contributed by atoms with Gasteiger partial charge in [-0.25, -0.2) is 4.79 Å². The number of piperazine rings is 1. The average molecular weight is 376 g/mol. The van der Waals surface area contributed by atoms with Gasteiger partial charge in [-0.15, -0.1) is 6.58 Å². The van der Waals surface area contributed by atoms with Gasteiger partial charge in [0.1, 0.15) is 12.6 Å². The maximum absolute atomic E-state index is 12.7. The van der Waals surface area contributed by atoms with E-state index in [0.717, 1.165) is 0 Å². The zero-order chi connectivity index (χ0) is 19.7. The van der Waals surface area contributed by atoms with Crippen molar-refractivity contribution in [3.63, 3.8) is 0 Å². The molecule has 1 heterocycles. The lowest BCUT2D eigenvalue weighted by Gasteiger charge is -2.38. The first-order valence-corrected chi connectivity index (χ1v) is 9.63. The molecule has 1 unspecified atom stereocenters. The summed E-state index contributed by atoms with van der Waals surface area (Å²) in [5.41, 5.74) is 4.74. The van der Waals surface area contributed by atoms with Crippen LogP contribution in [0.15, 0.2) is 61.2 Å². The van der Waals surface area contributed by atoms with Gasteiger partial charge in [-0.2, -0.15) is 0 Å². The predicted molar refractivity (Wildman–Crippen MR) is 108 cm³/mol. The summed E-state index contributed by atoms with van der Waals surface area (Å²) >= 11 is 0. The van der Waals surface area contributed by atoms with Crippen molar-refractivity contribution in [1.82, 2.24) is 9.80 Å². The molecule has 0 bridgehead atoms. The van der Waals surface area contributed by atoms with Gasteiger partial charge in [-0.3, -0.25) is 9.69 Å². The minimum atomic E-state index is -0.524. The number of hydrogen-bond acceptors (Lipinski definition) is 3. The Hall–Kier alpha value is -3.08. The number of benzene rings is 2. The molecule has 1 aliphatic heterocycles. The van der Waals surface area contributed by atoms with Crippen LogP contribution in [0.2, 0.25) is 0 Å². The van der Waals surface area contributed by atoms with Crippen LogP contribution in [0.3, 0.4) is 0 Å². The van der Waals surface area contributed by atoms with Crippen molar-refractivity contribution in [1.29, 1.82) is 0 Å². The van der Waals surface area contributed by atoms with Gasteiger partial charge < -0.3 is 9.64 Å². The SMILES string of the molecule is C=CCN1CCN(C(=O)OCC2c3ccccc3-c3ccccc32)C(C)C1=O. The number of amides is 2. The van der Waals surface area contributed by atoms with Gasteiger partial charge in [-0.05, 0) is 29.2 Å². The molecule has 2 aliphatic rings. The van der Waals surface area contributed by atoms with Crippen LogP contribution in [0.25, 0.3) is 11.1 Å². The number of carbonyl (C=O) groups is 2. The quantitative estimate of drug-likeness (QED) is 0.766. The first kappa shape index (κ1) is 18.3. The molecule has 144 valence electrons. The molecule has 5 nitrogen and oxygen atoms in total. The fourth-order valence-electron chi connectivity index (χ4n) is 4.19. The Kier molecular flexibility index (Phi) is 4.90. The topological polar surface area (TPSA) is 49.9 Å². The summed E-state index contributed by atoms with van der Waals surface area (Å²) in [5.74, 6) is -0.0518. The van der Waals surface area contributed by atoms with Gasteiger partial charge in [0.25, 0.3) is 0 Å². The second kappa shape index (κ2) is 7.50. The van der Waals surface area contributed by atoms with Crippen molar-refractivity contribution in [3.05, 3.63) is 72.3 Å².